The molecule has 6 nitrogen and oxygen atoms in total. The highest BCUT2D eigenvalue weighted by Gasteiger charge is 2.30. The van der Waals surface area contributed by atoms with Crippen molar-refractivity contribution in [2.75, 3.05) is 79.5 Å². The van der Waals surface area contributed by atoms with Gasteiger partial charge in [0.1, 0.15) is 0 Å². The summed E-state index contributed by atoms with van der Waals surface area (Å²) < 4.78 is 0.650. The van der Waals surface area contributed by atoms with Gasteiger partial charge in [-0.25, -0.2) is 4.79 Å². The quantitative estimate of drug-likeness (QED) is 0.536. The maximum Gasteiger partial charge on any atom is 0.359 e. The first-order chi connectivity index (χ1) is 11.8. The van der Waals surface area contributed by atoms with E-state index in [9.17, 15) is 4.79 Å². The maximum absolute atomic E-state index is 11.0. The van der Waals surface area contributed by atoms with E-state index >= 15 is 0 Å². The molecule has 0 bridgehead atoms. The fraction of sp³-hybridized carbons (Fsp3) is 0.842. The highest BCUT2D eigenvalue weighted by atomic mass is 16.4. The third kappa shape index (κ3) is 8.21. The smallest absolute Gasteiger partial charge is 0.359 e. The van der Waals surface area contributed by atoms with Crippen LogP contribution >= 0.6 is 0 Å². The molecule has 0 spiro atoms. The summed E-state index contributed by atoms with van der Waals surface area (Å²) in [5.74, 6) is -0.698. The molecule has 0 unspecified atom stereocenters. The monoisotopic (exact) mass is 355 g/mol. The fourth-order valence-electron chi connectivity index (χ4n) is 3.47. The number of carbonyl (C=O) groups is 1. The highest BCUT2D eigenvalue weighted by Crippen LogP contribution is 2.13. The van der Waals surface area contributed by atoms with Gasteiger partial charge in [-0.15, -0.1) is 0 Å². The molecule has 6 heteroatoms. The van der Waals surface area contributed by atoms with Gasteiger partial charge in [0.25, 0.3) is 0 Å². The lowest BCUT2D eigenvalue weighted by Crippen LogP contribution is -2.59. The minimum Gasteiger partial charge on any atom is -0.477 e. The van der Waals surface area contributed by atoms with Crippen molar-refractivity contribution in [3.8, 4) is 0 Å². The molecule has 1 aliphatic rings. The van der Waals surface area contributed by atoms with Crippen LogP contribution < -0.4 is 0 Å². The first kappa shape index (κ1) is 21.9. The van der Waals surface area contributed by atoms with Crippen LogP contribution in [0, 0.1) is 0 Å². The van der Waals surface area contributed by atoms with Crippen LogP contribution in [0.2, 0.25) is 0 Å². The largest absolute Gasteiger partial charge is 0.477 e. The molecule has 1 saturated heterocycles. The van der Waals surface area contributed by atoms with Gasteiger partial charge in [-0.2, -0.15) is 0 Å². The van der Waals surface area contributed by atoms with Crippen LogP contribution in [0.5, 0.6) is 0 Å². The number of piperazine rings is 1. The fourth-order valence-corrected chi connectivity index (χ4v) is 3.47. The second-order valence-corrected chi connectivity index (χ2v) is 7.66. The molecule has 146 valence electrons. The summed E-state index contributed by atoms with van der Waals surface area (Å²) >= 11 is 0. The number of carboxylic acid groups (broad SMARTS) is 1. The van der Waals surface area contributed by atoms with Gasteiger partial charge in [0.05, 0.1) is 20.1 Å². The molecular formula is C19H39N4O2+. The van der Waals surface area contributed by atoms with Crippen LogP contribution in [0.1, 0.15) is 26.7 Å². The molecule has 1 rings (SSSR count). The molecule has 0 aromatic rings. The van der Waals surface area contributed by atoms with Crippen molar-refractivity contribution < 1.29 is 14.4 Å². The zero-order chi connectivity index (χ0) is 18.9. The van der Waals surface area contributed by atoms with Crippen LogP contribution in [0.4, 0.5) is 0 Å². The van der Waals surface area contributed by atoms with Crippen molar-refractivity contribution in [3.63, 3.8) is 0 Å². The number of rotatable bonds is 12. The third-order valence-corrected chi connectivity index (χ3v) is 5.33. The van der Waals surface area contributed by atoms with Gasteiger partial charge in [0.15, 0.2) is 6.54 Å². The Kier molecular flexibility index (Phi) is 9.46. The van der Waals surface area contributed by atoms with Crippen LogP contribution in [0.25, 0.3) is 0 Å². The second-order valence-electron chi connectivity index (χ2n) is 7.66. The second kappa shape index (κ2) is 10.8. The Morgan fingerprint density at radius 1 is 1.20 bits per heavy atom. The van der Waals surface area contributed by atoms with Crippen molar-refractivity contribution in [1.29, 1.82) is 0 Å². The van der Waals surface area contributed by atoms with E-state index in [0.29, 0.717) is 4.48 Å². The van der Waals surface area contributed by atoms with Crippen molar-refractivity contribution in [2.24, 2.45) is 0 Å². The lowest BCUT2D eigenvalue weighted by molar-refractivity contribution is -0.906. The summed E-state index contributed by atoms with van der Waals surface area (Å²) in [6.45, 7) is 18.0. The summed E-state index contributed by atoms with van der Waals surface area (Å²) in [6.07, 6.45) is 2.19. The van der Waals surface area contributed by atoms with Crippen molar-refractivity contribution in [2.45, 2.75) is 26.7 Å². The van der Waals surface area contributed by atoms with Gasteiger partial charge in [-0.3, -0.25) is 4.90 Å². The Balaban J connectivity index is 2.32. The minimum atomic E-state index is -0.698. The Morgan fingerprint density at radius 3 is 2.36 bits per heavy atom. The average molecular weight is 356 g/mol. The molecule has 1 heterocycles. The van der Waals surface area contributed by atoms with E-state index in [2.05, 4.69) is 49.2 Å². The maximum atomic E-state index is 11.0. The summed E-state index contributed by atoms with van der Waals surface area (Å²) in [5.41, 5.74) is 1.22. The summed E-state index contributed by atoms with van der Waals surface area (Å²) in [5, 5.41) is 9.03. The standard InChI is InChI=1S/C19H38N4O2/c1-6-9-20(4)11-12-22(7-2)18(3)8-10-21-13-15-23(5,16-14-21)17-19(24)25/h3,6-17H2,1-2,4-5H3/p+1. The minimum absolute atomic E-state index is 0.232. The zero-order valence-corrected chi connectivity index (χ0v) is 16.8. The van der Waals surface area contributed by atoms with Crippen molar-refractivity contribution in [1.82, 2.24) is 14.7 Å². The Hall–Kier alpha value is -1.11. The van der Waals surface area contributed by atoms with E-state index in [1.165, 1.54) is 12.1 Å². The number of hydrogen-bond donors (Lipinski definition) is 1. The molecule has 0 aromatic carbocycles. The van der Waals surface area contributed by atoms with E-state index in [1.807, 2.05) is 0 Å². The molecule has 25 heavy (non-hydrogen) atoms. The number of nitrogens with zero attached hydrogens (tertiary/aromatic N) is 4. The normalized spacial score (nSPS) is 17.6. The Morgan fingerprint density at radius 2 is 1.84 bits per heavy atom. The molecule has 1 fully saturated rings. The molecule has 0 saturated carbocycles. The van der Waals surface area contributed by atoms with Gasteiger partial charge < -0.3 is 19.4 Å². The summed E-state index contributed by atoms with van der Waals surface area (Å²) in [7, 11) is 4.23. The lowest BCUT2D eigenvalue weighted by atomic mass is 10.2. The van der Waals surface area contributed by atoms with Gasteiger partial charge in [-0.1, -0.05) is 13.5 Å². The topological polar surface area (TPSA) is 47.0 Å². The Labute approximate surface area is 154 Å². The van der Waals surface area contributed by atoms with Gasteiger partial charge >= 0.3 is 5.97 Å². The van der Waals surface area contributed by atoms with Crippen LogP contribution in [-0.2, 0) is 4.79 Å². The zero-order valence-electron chi connectivity index (χ0n) is 16.8. The number of aliphatic carboxylic acids is 1. The van der Waals surface area contributed by atoms with Crippen LogP contribution in [0.15, 0.2) is 12.3 Å². The number of likely N-dealkylation sites (N-methyl/N-ethyl adjacent to an activating group) is 3. The molecule has 0 atom stereocenters. The first-order valence-electron chi connectivity index (χ1n) is 9.68. The molecular weight excluding hydrogens is 316 g/mol. The van der Waals surface area contributed by atoms with Crippen molar-refractivity contribution >= 4 is 5.97 Å². The predicted molar refractivity (Wildman–Crippen MR) is 104 cm³/mol. The van der Waals surface area contributed by atoms with Gasteiger partial charge in [-0.05, 0) is 33.4 Å². The molecule has 0 aliphatic carbocycles. The third-order valence-electron chi connectivity index (χ3n) is 5.33. The lowest BCUT2D eigenvalue weighted by Gasteiger charge is -2.41. The number of hydrogen-bond acceptors (Lipinski definition) is 4. The Bertz CT molecular complexity index is 420. The highest BCUT2D eigenvalue weighted by molar-refractivity contribution is 5.67. The summed E-state index contributed by atoms with van der Waals surface area (Å²) in [4.78, 5) is 18.2. The molecule has 0 amide bonds. The van der Waals surface area contributed by atoms with Crippen LogP contribution in [-0.4, -0.2) is 110 Å². The predicted octanol–water partition coefficient (Wildman–Crippen LogP) is 1.40. The van der Waals surface area contributed by atoms with Crippen molar-refractivity contribution in [3.05, 3.63) is 12.3 Å². The number of carboxylic acids is 1. The van der Waals surface area contributed by atoms with E-state index < -0.39 is 5.97 Å². The van der Waals surface area contributed by atoms with Gasteiger partial charge in [0.2, 0.25) is 0 Å². The molecule has 1 N–H and O–H groups in total. The average Bonchev–Trinajstić information content (AvgIpc) is 2.54. The van der Waals surface area contributed by atoms with Crippen LogP contribution in [0.3, 0.4) is 0 Å². The number of quaternary nitrogens is 1. The van der Waals surface area contributed by atoms with E-state index in [1.54, 1.807) is 0 Å². The summed E-state index contributed by atoms with van der Waals surface area (Å²) in [6, 6.07) is 0. The molecule has 0 radical (unpaired) electrons. The molecule has 1 aliphatic heterocycles. The SMILES string of the molecule is C=C(CCN1CC[N+](C)(CC(=O)O)CC1)N(CC)CCN(C)CCC. The van der Waals surface area contributed by atoms with E-state index in [-0.39, 0.29) is 6.54 Å². The first-order valence-corrected chi connectivity index (χ1v) is 9.68. The van der Waals surface area contributed by atoms with E-state index in [4.69, 9.17) is 5.11 Å². The van der Waals surface area contributed by atoms with E-state index in [0.717, 1.165) is 65.3 Å². The molecule has 0 aromatic heterocycles. The van der Waals surface area contributed by atoms with Gasteiger partial charge in [0, 0.05) is 45.0 Å².